The summed E-state index contributed by atoms with van der Waals surface area (Å²) in [5.74, 6) is -1.98. The number of hydrogen-bond donors (Lipinski definition) is 1. The molecule has 0 unspecified atom stereocenters. The Labute approximate surface area is 168 Å². The predicted octanol–water partition coefficient (Wildman–Crippen LogP) is 3.49. The van der Waals surface area contributed by atoms with Crippen LogP contribution in [0.4, 0.5) is 10.1 Å². The molecule has 0 aliphatic carbocycles. The van der Waals surface area contributed by atoms with Crippen molar-refractivity contribution in [1.82, 2.24) is 4.90 Å². The maximum Gasteiger partial charge on any atom is 0.338 e. The van der Waals surface area contributed by atoms with Crippen LogP contribution in [0.5, 0.6) is 0 Å². The predicted molar refractivity (Wildman–Crippen MR) is 106 cm³/mol. The molecule has 1 aliphatic rings. The molecule has 0 radical (unpaired) electrons. The van der Waals surface area contributed by atoms with E-state index in [1.165, 1.54) is 23.1 Å². The van der Waals surface area contributed by atoms with E-state index in [0.29, 0.717) is 37.2 Å². The highest BCUT2D eigenvalue weighted by Gasteiger charge is 2.30. The highest BCUT2D eigenvalue weighted by molar-refractivity contribution is 5.97. The molecule has 152 valence electrons. The standard InChI is InChI=1S/C22H23FN2O4/c1-2-29-22(28)15-9-11-17(12-10-15)24-20(26)16-6-5-13-25(14-16)21(27)18-7-3-4-8-19(18)23/h3-4,7-12,16H,2,5-6,13-14H2,1H3,(H,24,26)/t16-/m0/s1. The van der Waals surface area contributed by atoms with E-state index in [-0.39, 0.29) is 23.9 Å². The fourth-order valence-electron chi connectivity index (χ4n) is 3.33. The Bertz CT molecular complexity index is 898. The molecule has 1 heterocycles. The summed E-state index contributed by atoms with van der Waals surface area (Å²) < 4.78 is 18.8. The lowest BCUT2D eigenvalue weighted by Crippen LogP contribution is -2.44. The van der Waals surface area contributed by atoms with Gasteiger partial charge in [0.2, 0.25) is 5.91 Å². The summed E-state index contributed by atoms with van der Waals surface area (Å²) in [4.78, 5) is 38.5. The first-order chi connectivity index (χ1) is 14.0. The average Bonchev–Trinajstić information content (AvgIpc) is 2.74. The van der Waals surface area contributed by atoms with Crippen molar-refractivity contribution in [2.24, 2.45) is 5.92 Å². The number of hydrogen-bond acceptors (Lipinski definition) is 4. The number of halogens is 1. The molecule has 1 atom stereocenters. The van der Waals surface area contributed by atoms with Crippen LogP contribution in [0.2, 0.25) is 0 Å². The van der Waals surface area contributed by atoms with Crippen LogP contribution in [0.3, 0.4) is 0 Å². The van der Waals surface area contributed by atoms with Gasteiger partial charge in [0.15, 0.2) is 0 Å². The van der Waals surface area contributed by atoms with Crippen LogP contribution in [0.15, 0.2) is 48.5 Å². The summed E-state index contributed by atoms with van der Waals surface area (Å²) in [6.45, 7) is 2.75. The van der Waals surface area contributed by atoms with Crippen LogP contribution in [-0.2, 0) is 9.53 Å². The molecule has 1 N–H and O–H groups in total. The molecule has 7 heteroatoms. The van der Waals surface area contributed by atoms with Crippen LogP contribution in [0.25, 0.3) is 0 Å². The number of nitrogens with one attached hydrogen (secondary N) is 1. The maximum absolute atomic E-state index is 13.9. The van der Waals surface area contributed by atoms with Gasteiger partial charge in [-0.15, -0.1) is 0 Å². The lowest BCUT2D eigenvalue weighted by molar-refractivity contribution is -0.121. The molecule has 1 aliphatic heterocycles. The second-order valence-corrected chi connectivity index (χ2v) is 6.86. The van der Waals surface area contributed by atoms with Gasteiger partial charge in [0, 0.05) is 18.8 Å². The van der Waals surface area contributed by atoms with Gasteiger partial charge in [-0.3, -0.25) is 9.59 Å². The summed E-state index contributed by atoms with van der Waals surface area (Å²) in [5, 5.41) is 2.82. The summed E-state index contributed by atoms with van der Waals surface area (Å²) in [6.07, 6.45) is 1.31. The molecule has 29 heavy (non-hydrogen) atoms. The molecule has 1 saturated heterocycles. The molecule has 6 nitrogen and oxygen atoms in total. The first kappa shape index (κ1) is 20.5. The van der Waals surface area contributed by atoms with E-state index in [1.807, 2.05) is 0 Å². The van der Waals surface area contributed by atoms with Crippen molar-refractivity contribution in [1.29, 1.82) is 0 Å². The molecule has 0 spiro atoms. The number of esters is 1. The molecular weight excluding hydrogens is 375 g/mol. The van der Waals surface area contributed by atoms with Crippen LogP contribution in [0, 0.1) is 11.7 Å². The number of nitrogens with zero attached hydrogens (tertiary/aromatic N) is 1. The zero-order valence-corrected chi connectivity index (χ0v) is 16.2. The molecule has 0 aromatic heterocycles. The number of piperidine rings is 1. The Morgan fingerprint density at radius 2 is 1.86 bits per heavy atom. The van der Waals surface area contributed by atoms with Crippen LogP contribution in [0.1, 0.15) is 40.5 Å². The fourth-order valence-corrected chi connectivity index (χ4v) is 3.33. The van der Waals surface area contributed by atoms with E-state index >= 15 is 0 Å². The maximum atomic E-state index is 13.9. The molecule has 2 amide bonds. The lowest BCUT2D eigenvalue weighted by Gasteiger charge is -2.32. The fraction of sp³-hybridized carbons (Fsp3) is 0.318. The minimum absolute atomic E-state index is 0.0168. The monoisotopic (exact) mass is 398 g/mol. The van der Waals surface area contributed by atoms with E-state index in [4.69, 9.17) is 4.74 Å². The number of likely N-dealkylation sites (tertiary alicyclic amines) is 1. The van der Waals surface area contributed by atoms with E-state index in [9.17, 15) is 18.8 Å². The van der Waals surface area contributed by atoms with Crippen molar-refractivity contribution in [3.8, 4) is 0 Å². The third-order valence-electron chi connectivity index (χ3n) is 4.85. The highest BCUT2D eigenvalue weighted by atomic mass is 19.1. The largest absolute Gasteiger partial charge is 0.462 e. The van der Waals surface area contributed by atoms with Gasteiger partial charge in [0.05, 0.1) is 23.7 Å². The number of amides is 2. The Kier molecular flexibility index (Phi) is 6.59. The second-order valence-electron chi connectivity index (χ2n) is 6.86. The zero-order chi connectivity index (χ0) is 20.8. The third-order valence-corrected chi connectivity index (χ3v) is 4.85. The van der Waals surface area contributed by atoms with Gasteiger partial charge in [-0.05, 0) is 56.2 Å². The van der Waals surface area contributed by atoms with Crippen molar-refractivity contribution < 1.29 is 23.5 Å². The molecule has 0 bridgehead atoms. The average molecular weight is 398 g/mol. The van der Waals surface area contributed by atoms with Gasteiger partial charge < -0.3 is 15.0 Å². The first-order valence-corrected chi connectivity index (χ1v) is 9.61. The summed E-state index contributed by atoms with van der Waals surface area (Å²) in [6, 6.07) is 12.3. The minimum Gasteiger partial charge on any atom is -0.462 e. The highest BCUT2D eigenvalue weighted by Crippen LogP contribution is 2.21. The zero-order valence-electron chi connectivity index (χ0n) is 16.2. The van der Waals surface area contributed by atoms with E-state index < -0.39 is 17.7 Å². The molecule has 1 fully saturated rings. The Morgan fingerprint density at radius 1 is 1.14 bits per heavy atom. The normalized spacial score (nSPS) is 16.2. The molecule has 2 aromatic rings. The van der Waals surface area contributed by atoms with Gasteiger partial charge in [-0.25, -0.2) is 9.18 Å². The minimum atomic E-state index is -0.564. The van der Waals surface area contributed by atoms with Gasteiger partial charge >= 0.3 is 5.97 Å². The molecule has 0 saturated carbocycles. The van der Waals surface area contributed by atoms with Crippen molar-refractivity contribution in [3.63, 3.8) is 0 Å². The lowest BCUT2D eigenvalue weighted by atomic mass is 9.96. The van der Waals surface area contributed by atoms with Crippen LogP contribution < -0.4 is 5.32 Å². The van der Waals surface area contributed by atoms with Gasteiger partial charge in [0.1, 0.15) is 5.82 Å². The smallest absolute Gasteiger partial charge is 0.338 e. The van der Waals surface area contributed by atoms with Crippen LogP contribution >= 0.6 is 0 Å². The molecular formula is C22H23FN2O4. The summed E-state index contributed by atoms with van der Waals surface area (Å²) in [7, 11) is 0. The van der Waals surface area contributed by atoms with Crippen molar-refractivity contribution in [3.05, 3.63) is 65.5 Å². The molecule has 3 rings (SSSR count). The summed E-state index contributed by atoms with van der Waals surface area (Å²) >= 11 is 0. The van der Waals surface area contributed by atoms with Gasteiger partial charge in [-0.2, -0.15) is 0 Å². The Morgan fingerprint density at radius 3 is 2.55 bits per heavy atom. The number of rotatable bonds is 5. The summed E-state index contributed by atoms with van der Waals surface area (Å²) in [5.41, 5.74) is 0.980. The van der Waals surface area contributed by atoms with Crippen LogP contribution in [-0.4, -0.2) is 42.4 Å². The van der Waals surface area contributed by atoms with Crippen molar-refractivity contribution >= 4 is 23.5 Å². The third kappa shape index (κ3) is 4.99. The number of benzene rings is 2. The van der Waals surface area contributed by atoms with Gasteiger partial charge in [0.25, 0.3) is 5.91 Å². The van der Waals surface area contributed by atoms with E-state index in [2.05, 4.69) is 5.32 Å². The topological polar surface area (TPSA) is 75.7 Å². The number of anilines is 1. The van der Waals surface area contributed by atoms with Crippen molar-refractivity contribution in [2.75, 3.05) is 25.0 Å². The van der Waals surface area contributed by atoms with E-state index in [1.54, 1.807) is 37.3 Å². The first-order valence-electron chi connectivity index (χ1n) is 9.61. The van der Waals surface area contributed by atoms with Gasteiger partial charge in [-0.1, -0.05) is 12.1 Å². The Balaban J connectivity index is 1.62. The number of carbonyl (C=O) groups is 3. The quantitative estimate of drug-likeness (QED) is 0.783. The molecule has 2 aromatic carbocycles. The van der Waals surface area contributed by atoms with E-state index in [0.717, 1.165) is 0 Å². The SMILES string of the molecule is CCOC(=O)c1ccc(NC(=O)[C@H]2CCCN(C(=O)c3ccccc3F)C2)cc1. The second kappa shape index (κ2) is 9.32. The van der Waals surface area contributed by atoms with Crippen molar-refractivity contribution in [2.45, 2.75) is 19.8 Å². The number of carbonyl (C=O) groups excluding carboxylic acids is 3. The Hall–Kier alpha value is -3.22. The number of ether oxygens (including phenoxy) is 1.